The summed E-state index contributed by atoms with van der Waals surface area (Å²) in [4.78, 5) is 22.2. The molecule has 0 spiro atoms. The van der Waals surface area contributed by atoms with Gasteiger partial charge in [0.15, 0.2) is 0 Å². The molecule has 0 bridgehead atoms. The lowest BCUT2D eigenvalue weighted by Gasteiger charge is -2.31. The Kier molecular flexibility index (Phi) is 2.67. The minimum absolute atomic E-state index is 0.0678. The van der Waals surface area contributed by atoms with Crippen molar-refractivity contribution in [2.75, 3.05) is 0 Å². The molecule has 2 saturated carbocycles. The zero-order valence-electron chi connectivity index (χ0n) is 8.90. The molecule has 0 aromatic heterocycles. The summed E-state index contributed by atoms with van der Waals surface area (Å²) in [6, 6.07) is 0.210. The molecule has 2 aliphatic carbocycles. The number of carbonyl (C=O) groups excluding carboxylic acids is 1. The quantitative estimate of drug-likeness (QED) is 0.729. The predicted octanol–water partition coefficient (Wildman–Crippen LogP) is 1.01. The highest BCUT2D eigenvalue weighted by Gasteiger charge is 2.48. The summed E-state index contributed by atoms with van der Waals surface area (Å²) >= 11 is 0. The molecule has 2 rings (SSSR count). The summed E-state index contributed by atoms with van der Waals surface area (Å²) in [5, 5.41) is 11.6. The molecule has 3 unspecified atom stereocenters. The normalized spacial score (nSPS) is 31.5. The van der Waals surface area contributed by atoms with Crippen LogP contribution in [0.2, 0.25) is 0 Å². The molecule has 4 heteroatoms. The van der Waals surface area contributed by atoms with Gasteiger partial charge in [0.2, 0.25) is 5.91 Å². The van der Waals surface area contributed by atoms with E-state index in [1.807, 2.05) is 6.92 Å². The van der Waals surface area contributed by atoms with Crippen LogP contribution in [0, 0.1) is 17.8 Å². The smallest absolute Gasteiger partial charge is 0.307 e. The number of carboxylic acids is 1. The molecule has 2 fully saturated rings. The molecule has 3 atom stereocenters. The van der Waals surface area contributed by atoms with E-state index in [1.54, 1.807) is 0 Å². The van der Waals surface area contributed by atoms with Gasteiger partial charge in [0, 0.05) is 6.04 Å². The van der Waals surface area contributed by atoms with Crippen LogP contribution < -0.4 is 5.32 Å². The van der Waals surface area contributed by atoms with Crippen molar-refractivity contribution in [3.05, 3.63) is 0 Å². The fourth-order valence-corrected chi connectivity index (χ4v) is 2.15. The number of nitrogens with one attached hydrogen (secondary N) is 1. The van der Waals surface area contributed by atoms with Gasteiger partial charge in [-0.2, -0.15) is 0 Å². The number of rotatable bonds is 4. The van der Waals surface area contributed by atoms with E-state index in [0.29, 0.717) is 12.3 Å². The Bertz CT molecular complexity index is 286. The van der Waals surface area contributed by atoms with E-state index in [0.717, 1.165) is 0 Å². The molecule has 0 aliphatic heterocycles. The third-order valence-electron chi connectivity index (χ3n) is 3.67. The van der Waals surface area contributed by atoms with Gasteiger partial charge < -0.3 is 10.4 Å². The molecule has 4 nitrogen and oxygen atoms in total. The van der Waals surface area contributed by atoms with E-state index in [9.17, 15) is 9.59 Å². The Balaban J connectivity index is 1.75. The van der Waals surface area contributed by atoms with E-state index in [1.165, 1.54) is 19.3 Å². The van der Waals surface area contributed by atoms with Gasteiger partial charge in [-0.25, -0.2) is 0 Å². The molecule has 15 heavy (non-hydrogen) atoms. The monoisotopic (exact) mass is 211 g/mol. The van der Waals surface area contributed by atoms with Crippen molar-refractivity contribution in [3.63, 3.8) is 0 Å². The van der Waals surface area contributed by atoms with Gasteiger partial charge >= 0.3 is 5.97 Å². The van der Waals surface area contributed by atoms with E-state index in [4.69, 9.17) is 5.11 Å². The van der Waals surface area contributed by atoms with E-state index < -0.39 is 11.9 Å². The number of amides is 1. The van der Waals surface area contributed by atoms with Crippen molar-refractivity contribution in [1.82, 2.24) is 5.32 Å². The second kappa shape index (κ2) is 3.83. The molecule has 2 N–H and O–H groups in total. The first-order chi connectivity index (χ1) is 7.09. The van der Waals surface area contributed by atoms with Crippen LogP contribution in [0.5, 0.6) is 0 Å². The van der Waals surface area contributed by atoms with E-state index in [2.05, 4.69) is 5.32 Å². The van der Waals surface area contributed by atoms with Crippen molar-refractivity contribution in [1.29, 1.82) is 0 Å². The second-order valence-electron chi connectivity index (χ2n) is 4.78. The summed E-state index contributed by atoms with van der Waals surface area (Å²) in [6.45, 7) is 2.01. The highest BCUT2D eigenvalue weighted by atomic mass is 16.4. The SMILES string of the molecule is CC(NC(=O)C1CC1C(=O)O)C1CCC1. The summed E-state index contributed by atoms with van der Waals surface area (Å²) in [5.74, 6) is -1.01. The maximum Gasteiger partial charge on any atom is 0.307 e. The van der Waals surface area contributed by atoms with Crippen molar-refractivity contribution in [2.24, 2.45) is 17.8 Å². The first kappa shape index (κ1) is 10.5. The highest BCUT2D eigenvalue weighted by molar-refractivity contribution is 5.89. The average Bonchev–Trinajstić information content (AvgIpc) is 2.77. The molecular weight excluding hydrogens is 194 g/mol. The molecular formula is C11H17NO3. The second-order valence-corrected chi connectivity index (χ2v) is 4.78. The molecule has 84 valence electrons. The first-order valence-electron chi connectivity index (χ1n) is 5.62. The van der Waals surface area contributed by atoms with Gasteiger partial charge in [0.25, 0.3) is 0 Å². The van der Waals surface area contributed by atoms with Crippen LogP contribution in [0.15, 0.2) is 0 Å². The maximum atomic E-state index is 11.6. The van der Waals surface area contributed by atoms with Crippen molar-refractivity contribution in [3.8, 4) is 0 Å². The lowest BCUT2D eigenvalue weighted by Crippen LogP contribution is -2.41. The standard InChI is InChI=1S/C11H17NO3/c1-6(7-3-2-4-7)12-10(13)8-5-9(8)11(14)15/h6-9H,2-5H2,1H3,(H,12,13)(H,14,15). The van der Waals surface area contributed by atoms with Gasteiger partial charge in [0.1, 0.15) is 0 Å². The zero-order valence-corrected chi connectivity index (χ0v) is 8.90. The van der Waals surface area contributed by atoms with Crippen molar-refractivity contribution >= 4 is 11.9 Å². The lowest BCUT2D eigenvalue weighted by atomic mass is 9.80. The lowest BCUT2D eigenvalue weighted by molar-refractivity contribution is -0.140. The Hall–Kier alpha value is -1.06. The van der Waals surface area contributed by atoms with E-state index >= 15 is 0 Å². The zero-order chi connectivity index (χ0) is 11.0. The predicted molar refractivity (Wildman–Crippen MR) is 54.2 cm³/mol. The van der Waals surface area contributed by atoms with Gasteiger partial charge in [-0.05, 0) is 32.1 Å². The van der Waals surface area contributed by atoms with Crippen LogP contribution in [-0.4, -0.2) is 23.0 Å². The van der Waals surface area contributed by atoms with Gasteiger partial charge in [0.05, 0.1) is 11.8 Å². The van der Waals surface area contributed by atoms with Crippen molar-refractivity contribution < 1.29 is 14.7 Å². The van der Waals surface area contributed by atoms with Gasteiger partial charge in [-0.1, -0.05) is 6.42 Å². The Morgan fingerprint density at radius 3 is 2.40 bits per heavy atom. The minimum Gasteiger partial charge on any atom is -0.481 e. The number of hydrogen-bond donors (Lipinski definition) is 2. The number of carboxylic acid groups (broad SMARTS) is 1. The summed E-state index contributed by atoms with van der Waals surface area (Å²) < 4.78 is 0. The average molecular weight is 211 g/mol. The fraction of sp³-hybridized carbons (Fsp3) is 0.818. The minimum atomic E-state index is -0.841. The molecule has 0 aromatic rings. The summed E-state index contributed by atoms with van der Waals surface area (Å²) in [5.41, 5.74) is 0. The van der Waals surface area contributed by atoms with Crippen LogP contribution in [0.3, 0.4) is 0 Å². The maximum absolute atomic E-state index is 11.6. The van der Waals surface area contributed by atoms with Gasteiger partial charge in [-0.15, -0.1) is 0 Å². The molecule has 0 aromatic carbocycles. The Morgan fingerprint density at radius 1 is 1.33 bits per heavy atom. The largest absolute Gasteiger partial charge is 0.481 e. The molecule has 0 heterocycles. The number of hydrogen-bond acceptors (Lipinski definition) is 2. The summed E-state index contributed by atoms with van der Waals surface area (Å²) in [7, 11) is 0. The number of aliphatic carboxylic acids is 1. The van der Waals surface area contributed by atoms with E-state index in [-0.39, 0.29) is 17.9 Å². The summed E-state index contributed by atoms with van der Waals surface area (Å²) in [6.07, 6.45) is 4.15. The topological polar surface area (TPSA) is 66.4 Å². The van der Waals surface area contributed by atoms with Crippen LogP contribution in [0.25, 0.3) is 0 Å². The molecule has 0 saturated heterocycles. The van der Waals surface area contributed by atoms with Crippen LogP contribution >= 0.6 is 0 Å². The fourth-order valence-electron chi connectivity index (χ4n) is 2.15. The molecule has 2 aliphatic rings. The van der Waals surface area contributed by atoms with Crippen molar-refractivity contribution in [2.45, 2.75) is 38.6 Å². The third-order valence-corrected chi connectivity index (χ3v) is 3.67. The Labute approximate surface area is 89.0 Å². The highest BCUT2D eigenvalue weighted by Crippen LogP contribution is 2.39. The Morgan fingerprint density at radius 2 is 2.00 bits per heavy atom. The molecule has 1 amide bonds. The van der Waals surface area contributed by atoms with Crippen LogP contribution in [0.1, 0.15) is 32.6 Å². The van der Waals surface area contributed by atoms with Gasteiger partial charge in [-0.3, -0.25) is 9.59 Å². The van der Waals surface area contributed by atoms with Crippen LogP contribution in [-0.2, 0) is 9.59 Å². The first-order valence-corrected chi connectivity index (χ1v) is 5.62. The number of carbonyl (C=O) groups is 2. The third kappa shape index (κ3) is 2.13. The van der Waals surface area contributed by atoms with Crippen LogP contribution in [0.4, 0.5) is 0 Å². The molecule has 0 radical (unpaired) electrons.